The smallest absolute Gasteiger partial charge is 0.416 e. The largest absolute Gasteiger partial charge is 0.457 e. The number of β-amino-alcohol motifs (C(OH)–C–C–N with tert-alkyl or cyclic N) is 1. The van der Waals surface area contributed by atoms with Crippen molar-refractivity contribution >= 4 is 0 Å². The van der Waals surface area contributed by atoms with E-state index in [1.165, 1.54) is 12.1 Å². The van der Waals surface area contributed by atoms with E-state index in [4.69, 9.17) is 4.74 Å². The minimum atomic E-state index is -4.41. The average Bonchev–Trinajstić information content (AvgIpc) is 2.62. The van der Waals surface area contributed by atoms with Crippen LogP contribution in [0.1, 0.15) is 17.5 Å². The highest BCUT2D eigenvalue weighted by Crippen LogP contribution is 2.33. The number of halogens is 3. The number of nitrogens with zero attached hydrogens (tertiary/aromatic N) is 1. The molecule has 0 unspecified atom stereocenters. The molecule has 3 rings (SSSR count). The van der Waals surface area contributed by atoms with Gasteiger partial charge in [-0.2, -0.15) is 13.2 Å². The summed E-state index contributed by atoms with van der Waals surface area (Å²) in [4.78, 5) is 2.08. The molecule has 0 aromatic heterocycles. The highest BCUT2D eigenvalue weighted by molar-refractivity contribution is 5.36. The molecule has 1 aliphatic rings. The van der Waals surface area contributed by atoms with E-state index < -0.39 is 17.8 Å². The second-order valence-corrected chi connectivity index (χ2v) is 6.81. The summed E-state index contributed by atoms with van der Waals surface area (Å²) in [5, 5.41) is 19.3. The Morgan fingerprint density at radius 1 is 1.07 bits per heavy atom. The van der Waals surface area contributed by atoms with Crippen LogP contribution >= 0.6 is 0 Å². The lowest BCUT2D eigenvalue weighted by molar-refractivity contribution is -0.137. The molecule has 4 nitrogen and oxygen atoms in total. The summed E-state index contributed by atoms with van der Waals surface area (Å²) in [6.45, 7) is 1.81. The normalized spacial score (nSPS) is 21.2. The van der Waals surface area contributed by atoms with Crippen molar-refractivity contribution < 1.29 is 28.1 Å². The zero-order chi connectivity index (χ0) is 19.4. The molecule has 1 aliphatic heterocycles. The Bertz CT molecular complexity index is 766. The average molecular weight is 381 g/mol. The quantitative estimate of drug-likeness (QED) is 0.830. The number of aliphatic hydroxyl groups is 2. The van der Waals surface area contributed by atoms with Crippen molar-refractivity contribution in [2.75, 3.05) is 19.7 Å². The van der Waals surface area contributed by atoms with E-state index in [1.54, 1.807) is 18.2 Å². The van der Waals surface area contributed by atoms with Crippen molar-refractivity contribution in [1.29, 1.82) is 0 Å². The first kappa shape index (κ1) is 19.7. The van der Waals surface area contributed by atoms with E-state index in [9.17, 15) is 23.4 Å². The van der Waals surface area contributed by atoms with Gasteiger partial charge in [0.2, 0.25) is 0 Å². The molecule has 1 heterocycles. The first-order chi connectivity index (χ1) is 12.8. The number of alkyl halides is 3. The fourth-order valence-electron chi connectivity index (χ4n) is 3.24. The predicted molar refractivity (Wildman–Crippen MR) is 94.4 cm³/mol. The van der Waals surface area contributed by atoms with E-state index in [2.05, 4.69) is 4.90 Å². The van der Waals surface area contributed by atoms with Crippen LogP contribution in [-0.2, 0) is 12.7 Å². The summed E-state index contributed by atoms with van der Waals surface area (Å²) in [5.74, 6) is 0.496. The van der Waals surface area contributed by atoms with Gasteiger partial charge in [0.15, 0.2) is 0 Å². The van der Waals surface area contributed by atoms with Gasteiger partial charge < -0.3 is 14.9 Å². The Balaban J connectivity index is 1.66. The third kappa shape index (κ3) is 5.22. The van der Waals surface area contributed by atoms with Crippen LogP contribution < -0.4 is 4.74 Å². The predicted octanol–water partition coefficient (Wildman–Crippen LogP) is 3.67. The number of rotatable bonds is 5. The van der Waals surface area contributed by atoms with Crippen LogP contribution in [0, 0.1) is 5.92 Å². The van der Waals surface area contributed by atoms with Gasteiger partial charge in [-0.25, -0.2) is 0 Å². The molecule has 0 amide bonds. The van der Waals surface area contributed by atoms with Crippen molar-refractivity contribution in [2.24, 2.45) is 5.92 Å². The maximum absolute atomic E-state index is 12.8. The second-order valence-electron chi connectivity index (χ2n) is 6.81. The van der Waals surface area contributed by atoms with Crippen LogP contribution in [0.3, 0.4) is 0 Å². The third-order valence-electron chi connectivity index (χ3n) is 4.74. The first-order valence-corrected chi connectivity index (χ1v) is 8.80. The van der Waals surface area contributed by atoms with Gasteiger partial charge in [0.25, 0.3) is 0 Å². The minimum absolute atomic E-state index is 0.0185. The molecular weight excluding hydrogens is 359 g/mol. The van der Waals surface area contributed by atoms with Gasteiger partial charge in [0.1, 0.15) is 11.5 Å². The third-order valence-corrected chi connectivity index (χ3v) is 4.74. The summed E-state index contributed by atoms with van der Waals surface area (Å²) in [6.07, 6.45) is -4.26. The molecule has 0 radical (unpaired) electrons. The molecule has 0 spiro atoms. The molecule has 27 heavy (non-hydrogen) atoms. The van der Waals surface area contributed by atoms with Gasteiger partial charge >= 0.3 is 6.18 Å². The van der Waals surface area contributed by atoms with E-state index in [1.807, 2.05) is 6.07 Å². The molecule has 1 fully saturated rings. The lowest BCUT2D eigenvalue weighted by Gasteiger charge is -2.35. The zero-order valence-corrected chi connectivity index (χ0v) is 14.7. The van der Waals surface area contributed by atoms with Crippen molar-refractivity contribution in [2.45, 2.75) is 25.2 Å². The Hall–Kier alpha value is -2.09. The van der Waals surface area contributed by atoms with Gasteiger partial charge in [-0.1, -0.05) is 18.2 Å². The van der Waals surface area contributed by atoms with E-state index in [0.717, 1.165) is 30.7 Å². The van der Waals surface area contributed by atoms with Crippen molar-refractivity contribution in [1.82, 2.24) is 4.90 Å². The van der Waals surface area contributed by atoms with E-state index in [-0.39, 0.29) is 18.3 Å². The number of aliphatic hydroxyl groups excluding tert-OH is 2. The van der Waals surface area contributed by atoms with Gasteiger partial charge in [-0.05, 0) is 48.9 Å². The molecule has 0 aliphatic carbocycles. The number of likely N-dealkylation sites (tertiary alicyclic amines) is 1. The van der Waals surface area contributed by atoms with E-state index >= 15 is 0 Å². The van der Waals surface area contributed by atoms with Gasteiger partial charge in [-0.15, -0.1) is 0 Å². The molecule has 0 saturated carbocycles. The number of ether oxygens (including phenoxy) is 1. The number of piperidine rings is 1. The van der Waals surface area contributed by atoms with Crippen molar-refractivity contribution in [3.05, 3.63) is 59.7 Å². The summed E-state index contributed by atoms with van der Waals surface area (Å²) in [7, 11) is 0. The van der Waals surface area contributed by atoms with Crippen LogP contribution in [0.4, 0.5) is 13.2 Å². The summed E-state index contributed by atoms with van der Waals surface area (Å²) in [6, 6.07) is 11.9. The lowest BCUT2D eigenvalue weighted by atomic mass is 9.94. The Morgan fingerprint density at radius 3 is 2.44 bits per heavy atom. The van der Waals surface area contributed by atoms with Crippen molar-refractivity contribution in [3.63, 3.8) is 0 Å². The van der Waals surface area contributed by atoms with Crippen LogP contribution in [0.25, 0.3) is 0 Å². The molecule has 146 valence electrons. The van der Waals surface area contributed by atoms with Gasteiger partial charge in [0.05, 0.1) is 11.7 Å². The number of hydrogen-bond donors (Lipinski definition) is 2. The van der Waals surface area contributed by atoms with Crippen LogP contribution in [0.2, 0.25) is 0 Å². The standard InChI is InChI=1S/C20H22F3NO3/c21-20(22,23)16-4-2-6-18(10-16)27-17-5-1-3-14(9-17)11-24-8-7-15(13-25)19(26)12-24/h1-6,9-10,15,19,25-26H,7-8,11-13H2/t15-,19-/m1/s1. The Morgan fingerprint density at radius 2 is 1.78 bits per heavy atom. The monoisotopic (exact) mass is 381 g/mol. The highest BCUT2D eigenvalue weighted by Gasteiger charge is 2.30. The summed E-state index contributed by atoms with van der Waals surface area (Å²) < 4.78 is 44.1. The van der Waals surface area contributed by atoms with Crippen molar-refractivity contribution in [3.8, 4) is 11.5 Å². The second kappa shape index (κ2) is 8.29. The SMILES string of the molecule is OC[C@H]1CCN(Cc2cccc(Oc3cccc(C(F)(F)F)c3)c2)C[C@H]1O. The fourth-order valence-corrected chi connectivity index (χ4v) is 3.24. The maximum atomic E-state index is 12.8. The molecule has 7 heteroatoms. The summed E-state index contributed by atoms with van der Waals surface area (Å²) in [5.41, 5.74) is 0.186. The van der Waals surface area contributed by atoms with Crippen LogP contribution in [0.15, 0.2) is 48.5 Å². The van der Waals surface area contributed by atoms with Crippen LogP contribution in [0.5, 0.6) is 11.5 Å². The van der Waals surface area contributed by atoms with Crippen LogP contribution in [-0.4, -0.2) is 40.9 Å². The van der Waals surface area contributed by atoms with Gasteiger partial charge in [-0.3, -0.25) is 4.90 Å². The molecular formula is C20H22F3NO3. The topological polar surface area (TPSA) is 52.9 Å². The van der Waals surface area contributed by atoms with Gasteiger partial charge in [0, 0.05) is 25.6 Å². The lowest BCUT2D eigenvalue weighted by Crippen LogP contribution is -2.44. The molecule has 1 saturated heterocycles. The molecule has 2 N–H and O–H groups in total. The number of hydrogen-bond acceptors (Lipinski definition) is 4. The number of benzene rings is 2. The molecule has 2 aromatic carbocycles. The fraction of sp³-hybridized carbons (Fsp3) is 0.400. The minimum Gasteiger partial charge on any atom is -0.457 e. The molecule has 0 bridgehead atoms. The first-order valence-electron chi connectivity index (χ1n) is 8.80. The Kier molecular flexibility index (Phi) is 6.04. The maximum Gasteiger partial charge on any atom is 0.416 e. The Labute approximate surface area is 155 Å². The summed E-state index contributed by atoms with van der Waals surface area (Å²) >= 11 is 0. The van der Waals surface area contributed by atoms with E-state index in [0.29, 0.717) is 18.8 Å². The highest BCUT2D eigenvalue weighted by atomic mass is 19.4. The molecule has 2 atom stereocenters. The molecule has 2 aromatic rings. The zero-order valence-electron chi connectivity index (χ0n) is 14.7.